The summed E-state index contributed by atoms with van der Waals surface area (Å²) in [4.78, 5) is 3.62. The minimum absolute atomic E-state index is 0.112. The number of rotatable bonds is 1. The maximum Gasteiger partial charge on any atom is 0.252 e. The first-order chi connectivity index (χ1) is 6.00. The molecule has 0 heterocycles. The van der Waals surface area contributed by atoms with Gasteiger partial charge in [-0.3, -0.25) is 0 Å². The highest BCUT2D eigenvalue weighted by Crippen LogP contribution is 2.50. The highest BCUT2D eigenvalue weighted by Gasteiger charge is 2.22. The third-order valence-electron chi connectivity index (χ3n) is 1.68. The van der Waals surface area contributed by atoms with Crippen LogP contribution < -0.4 is 4.89 Å². The van der Waals surface area contributed by atoms with Crippen molar-refractivity contribution in [1.29, 1.82) is 0 Å². The molecule has 0 bridgehead atoms. The maximum absolute atomic E-state index is 9.17. The molecule has 0 radical (unpaired) electrons. The second-order valence-electron chi connectivity index (χ2n) is 2.44. The van der Waals surface area contributed by atoms with Gasteiger partial charge in [-0.05, 0) is 6.92 Å². The van der Waals surface area contributed by atoms with Gasteiger partial charge in [0.05, 0.1) is 0 Å². The van der Waals surface area contributed by atoms with E-state index in [0.717, 1.165) is 0 Å². The zero-order chi connectivity index (χ0) is 10.2. The Bertz CT molecular complexity index is 316. The SMILES string of the molecule is Cc1c(O)c(O)c(O)c(OO)c1O. The Balaban J connectivity index is 3.56. The van der Waals surface area contributed by atoms with Crippen molar-refractivity contribution in [2.24, 2.45) is 0 Å². The molecule has 0 aliphatic rings. The van der Waals surface area contributed by atoms with E-state index in [1.165, 1.54) is 6.92 Å². The molecule has 6 nitrogen and oxygen atoms in total. The monoisotopic (exact) mass is 188 g/mol. The third kappa shape index (κ3) is 1.17. The first-order valence-corrected chi connectivity index (χ1v) is 3.28. The first-order valence-electron chi connectivity index (χ1n) is 3.28. The summed E-state index contributed by atoms with van der Waals surface area (Å²) in [6.45, 7) is 1.27. The summed E-state index contributed by atoms with van der Waals surface area (Å²) < 4.78 is 0. The summed E-state index contributed by atoms with van der Waals surface area (Å²) in [6.07, 6.45) is 0. The molecule has 0 aromatic heterocycles. The Morgan fingerprint density at radius 3 is 1.85 bits per heavy atom. The first kappa shape index (κ1) is 9.27. The molecule has 0 saturated carbocycles. The second-order valence-corrected chi connectivity index (χ2v) is 2.44. The van der Waals surface area contributed by atoms with Crippen LogP contribution in [0.3, 0.4) is 0 Å². The second kappa shape index (κ2) is 2.91. The lowest BCUT2D eigenvalue weighted by Crippen LogP contribution is -1.89. The van der Waals surface area contributed by atoms with Gasteiger partial charge in [-0.2, -0.15) is 0 Å². The van der Waals surface area contributed by atoms with Crippen LogP contribution >= 0.6 is 0 Å². The molecule has 6 heteroatoms. The van der Waals surface area contributed by atoms with Gasteiger partial charge in [0.2, 0.25) is 11.5 Å². The van der Waals surface area contributed by atoms with Crippen molar-refractivity contribution in [2.45, 2.75) is 6.92 Å². The fraction of sp³-hybridized carbons (Fsp3) is 0.143. The quantitative estimate of drug-likeness (QED) is 0.192. The number of benzene rings is 1. The van der Waals surface area contributed by atoms with E-state index in [1.807, 2.05) is 0 Å². The zero-order valence-electron chi connectivity index (χ0n) is 6.64. The summed E-state index contributed by atoms with van der Waals surface area (Å²) in [5, 5.41) is 44.5. The van der Waals surface area contributed by atoms with Gasteiger partial charge in [0, 0.05) is 5.56 Å². The summed E-state index contributed by atoms with van der Waals surface area (Å²) in [6, 6.07) is 0. The van der Waals surface area contributed by atoms with Crippen LogP contribution in [-0.2, 0) is 0 Å². The minimum atomic E-state index is -0.928. The van der Waals surface area contributed by atoms with Crippen LogP contribution in [-0.4, -0.2) is 25.7 Å². The fourth-order valence-electron chi connectivity index (χ4n) is 0.878. The van der Waals surface area contributed by atoms with Crippen LogP contribution in [0.1, 0.15) is 5.56 Å². The van der Waals surface area contributed by atoms with E-state index in [9.17, 15) is 0 Å². The van der Waals surface area contributed by atoms with Crippen LogP contribution in [0.15, 0.2) is 0 Å². The lowest BCUT2D eigenvalue weighted by molar-refractivity contribution is -0.140. The van der Waals surface area contributed by atoms with Gasteiger partial charge < -0.3 is 25.3 Å². The molecule has 5 N–H and O–H groups in total. The van der Waals surface area contributed by atoms with Crippen molar-refractivity contribution in [2.75, 3.05) is 0 Å². The average Bonchev–Trinajstić information content (AvgIpc) is 2.13. The molecule has 1 aromatic rings. The van der Waals surface area contributed by atoms with Gasteiger partial charge in [0.25, 0.3) is 5.75 Å². The molecule has 13 heavy (non-hydrogen) atoms. The normalized spacial score (nSPS) is 10.0. The van der Waals surface area contributed by atoms with Crippen molar-refractivity contribution in [3.05, 3.63) is 5.56 Å². The molecule has 0 saturated heterocycles. The predicted octanol–water partition coefficient (Wildman–Crippen LogP) is 0.669. The zero-order valence-corrected chi connectivity index (χ0v) is 6.64. The Kier molecular flexibility index (Phi) is 2.07. The molecular formula is C7H8O6. The Morgan fingerprint density at radius 2 is 1.38 bits per heavy atom. The van der Waals surface area contributed by atoms with Gasteiger partial charge in [-0.15, -0.1) is 0 Å². The third-order valence-corrected chi connectivity index (χ3v) is 1.68. The number of hydrogen-bond donors (Lipinski definition) is 5. The van der Waals surface area contributed by atoms with E-state index in [0.29, 0.717) is 0 Å². The molecule has 0 fully saturated rings. The molecule has 72 valence electrons. The predicted molar refractivity (Wildman–Crippen MR) is 41.1 cm³/mol. The Labute approximate surface area is 72.8 Å². The number of aromatic hydroxyl groups is 4. The lowest BCUT2D eigenvalue weighted by atomic mass is 10.1. The minimum Gasteiger partial charge on any atom is -0.504 e. The van der Waals surface area contributed by atoms with Crippen LogP contribution in [0.4, 0.5) is 0 Å². The van der Waals surface area contributed by atoms with E-state index in [1.54, 1.807) is 0 Å². The molecule has 1 rings (SSSR count). The maximum atomic E-state index is 9.17. The van der Waals surface area contributed by atoms with Crippen LogP contribution in [0.2, 0.25) is 0 Å². The molecule has 0 aliphatic heterocycles. The van der Waals surface area contributed by atoms with Gasteiger partial charge >= 0.3 is 0 Å². The molecule has 0 amide bonds. The van der Waals surface area contributed by atoms with Crippen molar-refractivity contribution >= 4 is 0 Å². The smallest absolute Gasteiger partial charge is 0.252 e. The van der Waals surface area contributed by atoms with E-state index in [4.69, 9.17) is 25.7 Å². The van der Waals surface area contributed by atoms with Gasteiger partial charge in [0.15, 0.2) is 11.5 Å². The van der Waals surface area contributed by atoms with Crippen molar-refractivity contribution < 1.29 is 30.6 Å². The topological polar surface area (TPSA) is 110 Å². The van der Waals surface area contributed by atoms with Gasteiger partial charge in [-0.25, -0.2) is 5.26 Å². The van der Waals surface area contributed by atoms with Gasteiger partial charge in [-0.1, -0.05) is 0 Å². The molecule has 0 atom stereocenters. The lowest BCUT2D eigenvalue weighted by Gasteiger charge is -2.09. The van der Waals surface area contributed by atoms with E-state index in [2.05, 4.69) is 4.89 Å². The molecule has 1 aromatic carbocycles. The summed E-state index contributed by atoms with van der Waals surface area (Å²) >= 11 is 0. The molecule has 0 unspecified atom stereocenters. The number of hydrogen-bond acceptors (Lipinski definition) is 6. The van der Waals surface area contributed by atoms with E-state index >= 15 is 0 Å². The van der Waals surface area contributed by atoms with E-state index in [-0.39, 0.29) is 5.56 Å². The number of phenols is 4. The molecule has 0 spiro atoms. The summed E-state index contributed by atoms with van der Waals surface area (Å²) in [5.74, 6) is -3.80. The molecular weight excluding hydrogens is 180 g/mol. The highest BCUT2D eigenvalue weighted by molar-refractivity contribution is 5.67. The fourth-order valence-corrected chi connectivity index (χ4v) is 0.878. The van der Waals surface area contributed by atoms with Gasteiger partial charge in [0.1, 0.15) is 0 Å². The highest BCUT2D eigenvalue weighted by atomic mass is 17.1. The summed E-state index contributed by atoms with van der Waals surface area (Å²) in [7, 11) is 0. The Hall–Kier alpha value is -1.82. The average molecular weight is 188 g/mol. The molecule has 0 aliphatic carbocycles. The van der Waals surface area contributed by atoms with Crippen LogP contribution in [0, 0.1) is 6.92 Å². The number of phenolic OH excluding ortho intramolecular Hbond substituents is 4. The Morgan fingerprint density at radius 1 is 0.846 bits per heavy atom. The van der Waals surface area contributed by atoms with Crippen LogP contribution in [0.5, 0.6) is 28.7 Å². The standard InChI is InChI=1S/C7H8O6/c1-2-3(8)5(10)6(11)7(13-12)4(2)9/h8-12H,1H3. The summed E-state index contributed by atoms with van der Waals surface area (Å²) in [5.41, 5.74) is -0.112. The van der Waals surface area contributed by atoms with Crippen molar-refractivity contribution in [3.8, 4) is 28.7 Å². The van der Waals surface area contributed by atoms with Crippen LogP contribution in [0.25, 0.3) is 0 Å². The van der Waals surface area contributed by atoms with E-state index < -0.39 is 28.7 Å². The van der Waals surface area contributed by atoms with Crippen molar-refractivity contribution in [3.63, 3.8) is 0 Å². The van der Waals surface area contributed by atoms with Crippen molar-refractivity contribution in [1.82, 2.24) is 0 Å². The largest absolute Gasteiger partial charge is 0.504 e.